The van der Waals surface area contributed by atoms with E-state index in [4.69, 9.17) is 4.98 Å². The molecule has 0 amide bonds. The van der Waals surface area contributed by atoms with Gasteiger partial charge in [0.05, 0.1) is 32.7 Å². The average molecular weight is 514 g/mol. The molecule has 1 aliphatic carbocycles. The molecule has 0 spiro atoms. The summed E-state index contributed by atoms with van der Waals surface area (Å²) in [5, 5.41) is 13.3. The highest BCUT2D eigenvalue weighted by Crippen LogP contribution is 2.40. The lowest BCUT2D eigenvalue weighted by Crippen LogP contribution is -2.48. The van der Waals surface area contributed by atoms with Crippen LogP contribution in [0.5, 0.6) is 0 Å². The summed E-state index contributed by atoms with van der Waals surface area (Å²) >= 11 is -0.209. The molecule has 34 heavy (non-hydrogen) atoms. The summed E-state index contributed by atoms with van der Waals surface area (Å²) in [6.45, 7) is 1.45. The van der Waals surface area contributed by atoms with Gasteiger partial charge in [0.2, 0.25) is 0 Å². The molecule has 4 heterocycles. The number of alkyl halides is 3. The molecule has 0 radical (unpaired) electrons. The predicted octanol–water partition coefficient (Wildman–Crippen LogP) is 3.86. The van der Waals surface area contributed by atoms with Gasteiger partial charge in [0.1, 0.15) is 17.5 Å². The van der Waals surface area contributed by atoms with Gasteiger partial charge in [-0.15, -0.1) is 0 Å². The Kier molecular flexibility index (Phi) is 6.49. The quantitative estimate of drug-likeness (QED) is 0.563. The molecule has 12 heteroatoms. The molecular formula is C22H26F3N5O2S2. The van der Waals surface area contributed by atoms with Crippen LogP contribution in [0.3, 0.4) is 0 Å². The number of halogens is 3. The van der Waals surface area contributed by atoms with E-state index in [1.165, 1.54) is 12.4 Å². The van der Waals surface area contributed by atoms with Crippen LogP contribution < -0.4 is 10.2 Å². The van der Waals surface area contributed by atoms with E-state index < -0.39 is 16.3 Å². The fourth-order valence-corrected chi connectivity index (χ4v) is 6.68. The zero-order valence-electron chi connectivity index (χ0n) is 18.5. The average Bonchev–Trinajstić information content (AvgIpc) is 3.17. The third-order valence-electron chi connectivity index (χ3n) is 6.88. The van der Waals surface area contributed by atoms with Gasteiger partial charge < -0.3 is 15.3 Å². The summed E-state index contributed by atoms with van der Waals surface area (Å²) in [5.74, 6) is 2.68. The highest BCUT2D eigenvalue weighted by molar-refractivity contribution is 8.00. The second-order valence-corrected chi connectivity index (χ2v) is 11.8. The van der Waals surface area contributed by atoms with Crippen LogP contribution in [0.2, 0.25) is 0 Å². The maximum atomic E-state index is 12.6. The van der Waals surface area contributed by atoms with Crippen molar-refractivity contribution in [3.8, 4) is 0 Å². The molecule has 184 valence electrons. The Morgan fingerprint density at radius 2 is 1.94 bits per heavy atom. The van der Waals surface area contributed by atoms with Crippen molar-refractivity contribution in [1.29, 1.82) is 0 Å². The third-order valence-corrected chi connectivity index (χ3v) is 9.05. The van der Waals surface area contributed by atoms with E-state index in [2.05, 4.69) is 20.2 Å². The van der Waals surface area contributed by atoms with Gasteiger partial charge in [0, 0.05) is 37.2 Å². The fourth-order valence-electron chi connectivity index (χ4n) is 4.83. The van der Waals surface area contributed by atoms with E-state index in [1.807, 2.05) is 6.07 Å². The third kappa shape index (κ3) is 4.90. The number of thioether (sulfide) groups is 1. The van der Waals surface area contributed by atoms with Gasteiger partial charge in [-0.1, -0.05) is 0 Å². The second kappa shape index (κ2) is 9.27. The van der Waals surface area contributed by atoms with E-state index in [-0.39, 0.29) is 34.7 Å². The van der Waals surface area contributed by atoms with Crippen molar-refractivity contribution in [2.24, 2.45) is 0 Å². The van der Waals surface area contributed by atoms with E-state index in [0.717, 1.165) is 54.8 Å². The number of fused-ring (bicyclic) bond motifs is 1. The van der Waals surface area contributed by atoms with Crippen LogP contribution in [-0.4, -0.2) is 60.8 Å². The molecular weight excluding hydrogens is 487 g/mol. The van der Waals surface area contributed by atoms with Crippen molar-refractivity contribution < 1.29 is 22.5 Å². The largest absolute Gasteiger partial charge is 0.446 e. The number of aliphatic hydroxyl groups excluding tert-OH is 1. The van der Waals surface area contributed by atoms with Crippen molar-refractivity contribution in [3.05, 3.63) is 29.8 Å². The maximum Gasteiger partial charge on any atom is 0.446 e. The first-order valence-electron chi connectivity index (χ1n) is 11.4. The van der Waals surface area contributed by atoms with Gasteiger partial charge >= 0.3 is 5.51 Å². The minimum atomic E-state index is -4.35. The van der Waals surface area contributed by atoms with Crippen molar-refractivity contribution >= 4 is 34.2 Å². The van der Waals surface area contributed by atoms with Crippen molar-refractivity contribution in [3.63, 3.8) is 0 Å². The summed E-state index contributed by atoms with van der Waals surface area (Å²) in [6.07, 6.45) is 7.52. The van der Waals surface area contributed by atoms with Crippen LogP contribution in [0.1, 0.15) is 49.4 Å². The van der Waals surface area contributed by atoms with Crippen molar-refractivity contribution in [2.75, 3.05) is 35.7 Å². The second-order valence-electron chi connectivity index (χ2n) is 9.12. The molecule has 1 atom stereocenters. The normalized spacial score (nSPS) is 22.4. The van der Waals surface area contributed by atoms with Crippen LogP contribution in [0.25, 0.3) is 0 Å². The molecule has 7 nitrogen and oxygen atoms in total. The number of nitrogens with one attached hydrogen (secondary N) is 1. The highest BCUT2D eigenvalue weighted by Gasteiger charge is 2.39. The first kappa shape index (κ1) is 23.8. The Hall–Kier alpha value is -1.92. The molecule has 0 aromatic carbocycles. The SMILES string of the molecule is O=[S@@]1CCc2cc(N3CCC(c4ncc(SC(F)(F)F)cn4)CC3)nc(NC3(CO)CCC3)c21. The van der Waals surface area contributed by atoms with E-state index >= 15 is 0 Å². The Bertz CT molecular complexity index is 1070. The Balaban J connectivity index is 1.29. The number of anilines is 2. The molecule has 5 rings (SSSR count). The number of aliphatic hydroxyl groups is 1. The summed E-state index contributed by atoms with van der Waals surface area (Å²) in [7, 11) is -1.09. The van der Waals surface area contributed by atoms with Crippen LogP contribution in [-0.2, 0) is 17.2 Å². The van der Waals surface area contributed by atoms with Gasteiger partial charge in [-0.05, 0) is 61.9 Å². The maximum absolute atomic E-state index is 12.6. The number of nitrogens with zero attached hydrogens (tertiary/aromatic N) is 4. The van der Waals surface area contributed by atoms with Gasteiger partial charge in [-0.2, -0.15) is 13.2 Å². The van der Waals surface area contributed by atoms with Gasteiger partial charge in [0.25, 0.3) is 0 Å². The smallest absolute Gasteiger partial charge is 0.394 e. The predicted molar refractivity (Wildman–Crippen MR) is 125 cm³/mol. The molecule has 2 aromatic rings. The monoisotopic (exact) mass is 513 g/mol. The molecule has 2 aromatic heterocycles. The van der Waals surface area contributed by atoms with Crippen LogP contribution in [0.4, 0.5) is 24.8 Å². The number of hydrogen-bond acceptors (Lipinski definition) is 8. The summed E-state index contributed by atoms with van der Waals surface area (Å²) in [5.41, 5.74) is -3.69. The number of piperidine rings is 1. The first-order chi connectivity index (χ1) is 16.3. The lowest BCUT2D eigenvalue weighted by molar-refractivity contribution is -0.0328. The number of rotatable bonds is 6. The molecule has 0 unspecified atom stereocenters. The van der Waals surface area contributed by atoms with Crippen LogP contribution in [0.15, 0.2) is 28.3 Å². The fraction of sp³-hybridized carbons (Fsp3) is 0.591. The number of aromatic nitrogens is 3. The standard InChI is InChI=1S/C22H26F3N5O2S2/c23-22(24,25)33-16-11-26-19(27-12-16)14-2-7-30(8-3-14)17-10-15-4-9-34(32)18(15)20(28-17)29-21(13-31)5-1-6-21/h10-12,14,31H,1-9,13H2,(H,28,29)/t34-/m1/s1. The van der Waals surface area contributed by atoms with E-state index in [0.29, 0.717) is 30.5 Å². The number of pyridine rings is 1. The molecule has 2 N–H and O–H groups in total. The molecule has 3 aliphatic rings. The molecule has 2 aliphatic heterocycles. The molecule has 1 saturated heterocycles. The Morgan fingerprint density at radius 3 is 2.53 bits per heavy atom. The summed E-state index contributed by atoms with van der Waals surface area (Å²) < 4.78 is 50.2. The lowest BCUT2D eigenvalue weighted by Gasteiger charge is -2.42. The minimum absolute atomic E-state index is 0.0134. The van der Waals surface area contributed by atoms with E-state index in [1.54, 1.807) is 0 Å². The zero-order valence-corrected chi connectivity index (χ0v) is 20.1. The lowest BCUT2D eigenvalue weighted by atomic mass is 9.77. The van der Waals surface area contributed by atoms with Crippen LogP contribution in [0, 0.1) is 0 Å². The first-order valence-corrected chi connectivity index (χ1v) is 13.5. The molecule has 1 saturated carbocycles. The molecule has 0 bridgehead atoms. The van der Waals surface area contributed by atoms with Crippen LogP contribution >= 0.6 is 11.8 Å². The molecule has 2 fully saturated rings. The minimum Gasteiger partial charge on any atom is -0.394 e. The highest BCUT2D eigenvalue weighted by atomic mass is 32.2. The van der Waals surface area contributed by atoms with Gasteiger partial charge in [-0.25, -0.2) is 15.0 Å². The van der Waals surface area contributed by atoms with Crippen molar-refractivity contribution in [2.45, 2.75) is 65.3 Å². The summed E-state index contributed by atoms with van der Waals surface area (Å²) in [6, 6.07) is 2.03. The Labute approximate surface area is 202 Å². The number of hydrogen-bond donors (Lipinski definition) is 2. The van der Waals surface area contributed by atoms with Crippen molar-refractivity contribution in [1.82, 2.24) is 15.0 Å². The summed E-state index contributed by atoms with van der Waals surface area (Å²) in [4.78, 5) is 16.2. The van der Waals surface area contributed by atoms with Gasteiger partial charge in [-0.3, -0.25) is 4.21 Å². The Morgan fingerprint density at radius 1 is 1.24 bits per heavy atom. The topological polar surface area (TPSA) is 91.2 Å². The van der Waals surface area contributed by atoms with E-state index in [9.17, 15) is 22.5 Å². The zero-order chi connectivity index (χ0) is 23.9. The van der Waals surface area contributed by atoms with Gasteiger partial charge in [0.15, 0.2) is 0 Å². The number of aryl methyl sites for hydroxylation is 1.